The van der Waals surface area contributed by atoms with Crippen molar-refractivity contribution < 1.29 is 9.53 Å². The average Bonchev–Trinajstić information content (AvgIpc) is 3.09. The van der Waals surface area contributed by atoms with Crippen LogP contribution in [0.1, 0.15) is 37.6 Å². The third kappa shape index (κ3) is 4.11. The summed E-state index contributed by atoms with van der Waals surface area (Å²) in [5.74, 6) is 0.530. The Bertz CT molecular complexity index is 1000. The first kappa shape index (κ1) is 19.3. The second kappa shape index (κ2) is 8.48. The highest BCUT2D eigenvalue weighted by Gasteiger charge is 2.17. The molecule has 0 fully saturated rings. The number of methoxy groups -OCH3 is 1. The van der Waals surface area contributed by atoms with E-state index < -0.39 is 0 Å². The molecule has 0 unspecified atom stereocenters. The molecule has 0 radical (unpaired) electrons. The largest absolute Gasteiger partial charge is 0.469 e. The highest BCUT2D eigenvalue weighted by atomic mass is 32.1. The maximum absolute atomic E-state index is 13.3. The number of hydrogen-bond acceptors (Lipinski definition) is 5. The summed E-state index contributed by atoms with van der Waals surface area (Å²) in [6.07, 6.45) is 2.49. The molecule has 0 saturated heterocycles. The van der Waals surface area contributed by atoms with E-state index in [1.807, 2.05) is 36.6 Å². The second-order valence-electron chi connectivity index (χ2n) is 6.61. The first-order chi connectivity index (χ1) is 13.0. The molecular formula is C21H24N2O3S. The van der Waals surface area contributed by atoms with Gasteiger partial charge in [-0.3, -0.25) is 14.2 Å². The molecule has 5 nitrogen and oxygen atoms in total. The highest BCUT2D eigenvalue weighted by molar-refractivity contribution is 7.17. The van der Waals surface area contributed by atoms with Gasteiger partial charge < -0.3 is 4.74 Å². The molecule has 0 atom stereocenters. The van der Waals surface area contributed by atoms with Gasteiger partial charge >= 0.3 is 5.97 Å². The second-order valence-corrected chi connectivity index (χ2v) is 7.47. The summed E-state index contributed by atoms with van der Waals surface area (Å²) >= 11 is 1.51. The van der Waals surface area contributed by atoms with Crippen molar-refractivity contribution in [2.45, 2.75) is 46.1 Å². The quantitative estimate of drug-likeness (QED) is 0.569. The van der Waals surface area contributed by atoms with Crippen LogP contribution in [-0.4, -0.2) is 22.6 Å². The summed E-state index contributed by atoms with van der Waals surface area (Å²) in [5.41, 5.74) is 3.11. The predicted molar refractivity (Wildman–Crippen MR) is 109 cm³/mol. The van der Waals surface area contributed by atoms with Gasteiger partial charge in [0.1, 0.15) is 10.7 Å². The van der Waals surface area contributed by atoms with E-state index in [4.69, 9.17) is 9.72 Å². The molecule has 0 bridgehead atoms. The Kier molecular flexibility index (Phi) is 6.06. The molecule has 0 aliphatic rings. The Morgan fingerprint density at radius 1 is 1.26 bits per heavy atom. The fraction of sp³-hybridized carbons (Fsp3) is 0.381. The van der Waals surface area contributed by atoms with Crippen molar-refractivity contribution in [3.63, 3.8) is 0 Å². The van der Waals surface area contributed by atoms with E-state index in [1.54, 1.807) is 4.57 Å². The Morgan fingerprint density at radius 2 is 2.00 bits per heavy atom. The maximum Gasteiger partial charge on any atom is 0.305 e. The third-order valence-corrected chi connectivity index (χ3v) is 5.47. The van der Waals surface area contributed by atoms with Crippen LogP contribution in [0.25, 0.3) is 21.3 Å². The van der Waals surface area contributed by atoms with Crippen LogP contribution in [0.2, 0.25) is 0 Å². The average molecular weight is 385 g/mol. The van der Waals surface area contributed by atoms with E-state index in [0.717, 1.165) is 34.6 Å². The number of rotatable bonds is 7. The topological polar surface area (TPSA) is 61.2 Å². The lowest BCUT2D eigenvalue weighted by atomic mass is 10.0. The Labute approximate surface area is 162 Å². The van der Waals surface area contributed by atoms with Crippen molar-refractivity contribution in [3.8, 4) is 11.1 Å². The summed E-state index contributed by atoms with van der Waals surface area (Å²) in [6.45, 7) is 4.58. The number of ether oxygens (including phenoxy) is 1. The summed E-state index contributed by atoms with van der Waals surface area (Å²) in [4.78, 5) is 30.3. The van der Waals surface area contributed by atoms with Crippen molar-refractivity contribution in [2.75, 3.05) is 7.11 Å². The van der Waals surface area contributed by atoms with Crippen LogP contribution in [0.4, 0.5) is 0 Å². The number of hydrogen-bond donors (Lipinski definition) is 0. The molecule has 0 spiro atoms. The molecule has 0 N–H and O–H groups in total. The zero-order valence-corrected chi connectivity index (χ0v) is 16.8. The molecule has 3 aromatic rings. The molecule has 2 heterocycles. The fourth-order valence-corrected chi connectivity index (χ4v) is 4.10. The molecular weight excluding hydrogens is 360 g/mol. The van der Waals surface area contributed by atoms with Crippen molar-refractivity contribution in [1.29, 1.82) is 0 Å². The summed E-state index contributed by atoms with van der Waals surface area (Å²) in [6, 6.07) is 8.18. The third-order valence-electron chi connectivity index (χ3n) is 4.60. The molecule has 1 aromatic carbocycles. The van der Waals surface area contributed by atoms with Crippen LogP contribution in [0.5, 0.6) is 0 Å². The minimum atomic E-state index is -0.259. The molecule has 0 aliphatic carbocycles. The van der Waals surface area contributed by atoms with E-state index in [0.29, 0.717) is 24.8 Å². The van der Waals surface area contributed by atoms with Crippen LogP contribution in [0.3, 0.4) is 0 Å². The number of nitrogens with zero attached hydrogens (tertiary/aromatic N) is 2. The van der Waals surface area contributed by atoms with Crippen molar-refractivity contribution in [2.24, 2.45) is 0 Å². The lowest BCUT2D eigenvalue weighted by Crippen LogP contribution is -2.25. The number of thiophene rings is 1. The first-order valence-electron chi connectivity index (χ1n) is 9.20. The predicted octanol–water partition coefficient (Wildman–Crippen LogP) is 4.34. The van der Waals surface area contributed by atoms with E-state index in [9.17, 15) is 9.59 Å². The van der Waals surface area contributed by atoms with Gasteiger partial charge in [-0.25, -0.2) is 4.98 Å². The maximum atomic E-state index is 13.3. The summed E-state index contributed by atoms with van der Waals surface area (Å²) in [7, 11) is 1.38. The number of benzene rings is 1. The van der Waals surface area contributed by atoms with E-state index >= 15 is 0 Å². The zero-order valence-electron chi connectivity index (χ0n) is 15.9. The van der Waals surface area contributed by atoms with Crippen molar-refractivity contribution >= 4 is 27.5 Å². The lowest BCUT2D eigenvalue weighted by Gasteiger charge is -2.12. The summed E-state index contributed by atoms with van der Waals surface area (Å²) < 4.78 is 6.44. The Balaban J connectivity index is 2.06. The molecule has 0 aliphatic heterocycles. The van der Waals surface area contributed by atoms with Crippen molar-refractivity contribution in [1.82, 2.24) is 9.55 Å². The lowest BCUT2D eigenvalue weighted by molar-refractivity contribution is -0.140. The fourth-order valence-electron chi connectivity index (χ4n) is 3.14. The molecule has 2 aromatic heterocycles. The van der Waals surface area contributed by atoms with Crippen LogP contribution < -0.4 is 5.56 Å². The molecule has 0 saturated carbocycles. The number of carbonyl (C=O) groups excluding carboxylic acids is 1. The monoisotopic (exact) mass is 384 g/mol. The number of carbonyl (C=O) groups is 1. The molecule has 0 amide bonds. The molecule has 27 heavy (non-hydrogen) atoms. The molecule has 6 heteroatoms. The molecule has 3 rings (SSSR count). The van der Waals surface area contributed by atoms with Crippen LogP contribution in [-0.2, 0) is 22.5 Å². The van der Waals surface area contributed by atoms with Crippen molar-refractivity contribution in [3.05, 3.63) is 51.4 Å². The van der Waals surface area contributed by atoms with Gasteiger partial charge in [0.15, 0.2) is 0 Å². The van der Waals surface area contributed by atoms with E-state index in [1.165, 1.54) is 24.0 Å². The number of esters is 1. The minimum absolute atomic E-state index is 0.0230. The van der Waals surface area contributed by atoms with Gasteiger partial charge in [0.25, 0.3) is 5.56 Å². The summed E-state index contributed by atoms with van der Waals surface area (Å²) in [5, 5.41) is 2.68. The Morgan fingerprint density at radius 3 is 2.67 bits per heavy atom. The van der Waals surface area contributed by atoms with Gasteiger partial charge in [-0.05, 0) is 25.3 Å². The normalized spacial score (nSPS) is 11.1. The van der Waals surface area contributed by atoms with E-state index in [2.05, 4.69) is 6.92 Å². The van der Waals surface area contributed by atoms with Gasteiger partial charge in [-0.2, -0.15) is 0 Å². The highest BCUT2D eigenvalue weighted by Crippen LogP contribution is 2.31. The SMILES string of the molecule is CCCc1nc2scc(-c3ccc(C)cc3)c2c(=O)n1CCCC(=O)OC. The van der Waals surface area contributed by atoms with Gasteiger partial charge in [0, 0.05) is 30.3 Å². The van der Waals surface area contributed by atoms with Crippen LogP contribution in [0.15, 0.2) is 34.4 Å². The van der Waals surface area contributed by atoms with E-state index in [-0.39, 0.29) is 11.5 Å². The van der Waals surface area contributed by atoms with Gasteiger partial charge in [0.05, 0.1) is 12.5 Å². The number of aryl methyl sites for hydroxylation is 2. The number of fused-ring (bicyclic) bond motifs is 1. The Hall–Kier alpha value is -2.47. The zero-order chi connectivity index (χ0) is 19.4. The minimum Gasteiger partial charge on any atom is -0.469 e. The van der Waals surface area contributed by atoms with Gasteiger partial charge in [-0.15, -0.1) is 11.3 Å². The first-order valence-corrected chi connectivity index (χ1v) is 10.1. The van der Waals surface area contributed by atoms with Crippen LogP contribution in [0, 0.1) is 6.92 Å². The molecule has 142 valence electrons. The number of aromatic nitrogens is 2. The van der Waals surface area contributed by atoms with Crippen LogP contribution >= 0.6 is 11.3 Å². The standard InChI is InChI=1S/C21H24N2O3S/c1-4-6-17-22-20-19(21(25)23(17)12-5-7-18(24)26-3)16(13-27-20)15-10-8-14(2)9-11-15/h8-11,13H,4-7,12H2,1-3H3. The van der Waals surface area contributed by atoms with Gasteiger partial charge in [-0.1, -0.05) is 36.8 Å². The van der Waals surface area contributed by atoms with Gasteiger partial charge in [0.2, 0.25) is 0 Å². The smallest absolute Gasteiger partial charge is 0.305 e.